The van der Waals surface area contributed by atoms with Crippen LogP contribution in [0.15, 0.2) is 18.2 Å². The minimum Gasteiger partial charge on any atom is -0.319 e. The predicted molar refractivity (Wildman–Crippen MR) is 60.7 cm³/mol. The zero-order valence-electron chi connectivity index (χ0n) is 9.30. The maximum atomic E-state index is 3.30. The van der Waals surface area contributed by atoms with E-state index in [4.69, 9.17) is 0 Å². The fourth-order valence-corrected chi connectivity index (χ4v) is 2.65. The lowest BCUT2D eigenvalue weighted by Crippen LogP contribution is -2.19. The predicted octanol–water partition coefficient (Wildman–Crippen LogP) is 2.49. The van der Waals surface area contributed by atoms with Gasteiger partial charge in [0.1, 0.15) is 0 Å². The molecule has 0 fully saturated rings. The van der Waals surface area contributed by atoms with Crippen molar-refractivity contribution in [3.63, 3.8) is 0 Å². The monoisotopic (exact) mass is 189 g/mol. The molecule has 1 aliphatic carbocycles. The molecule has 0 saturated carbocycles. The second-order valence-electron chi connectivity index (χ2n) is 4.49. The van der Waals surface area contributed by atoms with E-state index in [0.29, 0.717) is 0 Å². The highest BCUT2D eigenvalue weighted by Gasteiger charge is 2.29. The molecule has 0 heterocycles. The van der Waals surface area contributed by atoms with Crippen LogP contribution in [-0.2, 0) is 6.42 Å². The molecular formula is C13H19N. The van der Waals surface area contributed by atoms with E-state index in [0.717, 1.165) is 18.4 Å². The Bertz CT molecular complexity index is 330. The van der Waals surface area contributed by atoms with Gasteiger partial charge in [-0.1, -0.05) is 25.1 Å². The maximum absolute atomic E-state index is 3.30. The number of nitrogens with one attached hydrogen (secondary N) is 1. The Morgan fingerprint density at radius 2 is 2.21 bits per heavy atom. The van der Waals surface area contributed by atoms with Crippen LogP contribution in [0.25, 0.3) is 0 Å². The third-order valence-corrected chi connectivity index (χ3v) is 3.48. The lowest BCUT2D eigenvalue weighted by Gasteiger charge is -2.15. The average molecular weight is 189 g/mol. The second-order valence-corrected chi connectivity index (χ2v) is 4.49. The summed E-state index contributed by atoms with van der Waals surface area (Å²) in [6.45, 7) is 5.70. The zero-order valence-corrected chi connectivity index (χ0v) is 9.30. The molecule has 0 aliphatic heterocycles. The minimum absolute atomic E-state index is 0.717. The third-order valence-electron chi connectivity index (χ3n) is 3.48. The van der Waals surface area contributed by atoms with Gasteiger partial charge in [0.05, 0.1) is 0 Å². The van der Waals surface area contributed by atoms with Gasteiger partial charge in [-0.05, 0) is 48.9 Å². The van der Waals surface area contributed by atoms with Crippen LogP contribution in [0.2, 0.25) is 0 Å². The van der Waals surface area contributed by atoms with Crippen molar-refractivity contribution in [3.8, 4) is 0 Å². The first-order valence-corrected chi connectivity index (χ1v) is 5.47. The molecule has 2 atom stereocenters. The van der Waals surface area contributed by atoms with Gasteiger partial charge in [-0.3, -0.25) is 0 Å². The van der Waals surface area contributed by atoms with Crippen LogP contribution in [0.4, 0.5) is 0 Å². The van der Waals surface area contributed by atoms with Crippen molar-refractivity contribution in [3.05, 3.63) is 34.9 Å². The van der Waals surface area contributed by atoms with Crippen LogP contribution >= 0.6 is 0 Å². The average Bonchev–Trinajstić information content (AvgIpc) is 2.47. The number of hydrogen-bond donors (Lipinski definition) is 1. The van der Waals surface area contributed by atoms with Gasteiger partial charge in [0, 0.05) is 6.54 Å². The fourth-order valence-electron chi connectivity index (χ4n) is 2.65. The van der Waals surface area contributed by atoms with Crippen LogP contribution in [0.5, 0.6) is 0 Å². The van der Waals surface area contributed by atoms with E-state index in [2.05, 4.69) is 37.4 Å². The van der Waals surface area contributed by atoms with Crippen molar-refractivity contribution in [2.45, 2.75) is 26.2 Å². The van der Waals surface area contributed by atoms with E-state index in [9.17, 15) is 0 Å². The van der Waals surface area contributed by atoms with Crippen LogP contribution in [0.1, 0.15) is 29.5 Å². The molecule has 0 spiro atoms. The van der Waals surface area contributed by atoms with Gasteiger partial charge >= 0.3 is 0 Å². The highest BCUT2D eigenvalue weighted by molar-refractivity contribution is 5.41. The molecule has 0 amide bonds. The molecule has 76 valence electrons. The molecule has 2 unspecified atom stereocenters. The molecule has 2 rings (SSSR count). The van der Waals surface area contributed by atoms with E-state index in [1.165, 1.54) is 12.0 Å². The van der Waals surface area contributed by atoms with Crippen LogP contribution < -0.4 is 5.32 Å². The first-order valence-electron chi connectivity index (χ1n) is 5.47. The van der Waals surface area contributed by atoms with Crippen LogP contribution in [0.3, 0.4) is 0 Å². The molecule has 1 heteroatoms. The van der Waals surface area contributed by atoms with Crippen molar-refractivity contribution in [2.24, 2.45) is 5.92 Å². The third kappa shape index (κ3) is 1.46. The first kappa shape index (κ1) is 9.72. The van der Waals surface area contributed by atoms with Crippen molar-refractivity contribution in [2.75, 3.05) is 13.6 Å². The van der Waals surface area contributed by atoms with Crippen molar-refractivity contribution < 1.29 is 0 Å². The topological polar surface area (TPSA) is 12.0 Å². The van der Waals surface area contributed by atoms with Crippen molar-refractivity contribution >= 4 is 0 Å². The Morgan fingerprint density at radius 3 is 2.93 bits per heavy atom. The second kappa shape index (κ2) is 3.74. The molecule has 14 heavy (non-hydrogen) atoms. The molecule has 1 N–H and O–H groups in total. The van der Waals surface area contributed by atoms with Crippen LogP contribution in [0, 0.1) is 12.8 Å². The molecule has 1 aromatic carbocycles. The van der Waals surface area contributed by atoms with Gasteiger partial charge in [0.25, 0.3) is 0 Å². The zero-order chi connectivity index (χ0) is 10.1. The van der Waals surface area contributed by atoms with E-state index in [-0.39, 0.29) is 0 Å². The van der Waals surface area contributed by atoms with E-state index < -0.39 is 0 Å². The molecular weight excluding hydrogens is 170 g/mol. The van der Waals surface area contributed by atoms with E-state index in [1.54, 1.807) is 11.1 Å². The summed E-state index contributed by atoms with van der Waals surface area (Å²) in [6, 6.07) is 6.72. The normalized spacial score (nSPS) is 25.1. The summed E-state index contributed by atoms with van der Waals surface area (Å²) in [5.41, 5.74) is 4.64. The summed E-state index contributed by atoms with van der Waals surface area (Å²) in [5.74, 6) is 1.51. The van der Waals surface area contributed by atoms with Gasteiger partial charge in [-0.15, -0.1) is 0 Å². The van der Waals surface area contributed by atoms with Crippen LogP contribution in [-0.4, -0.2) is 13.6 Å². The van der Waals surface area contributed by atoms with E-state index >= 15 is 0 Å². The summed E-state index contributed by atoms with van der Waals surface area (Å²) in [4.78, 5) is 0. The van der Waals surface area contributed by atoms with Gasteiger partial charge in [-0.25, -0.2) is 0 Å². The number of rotatable bonds is 2. The molecule has 0 saturated heterocycles. The highest BCUT2D eigenvalue weighted by atomic mass is 14.8. The minimum atomic E-state index is 0.717. The Kier molecular flexibility index (Phi) is 2.60. The smallest absolute Gasteiger partial charge is 0.00199 e. The largest absolute Gasteiger partial charge is 0.319 e. The van der Waals surface area contributed by atoms with Gasteiger partial charge < -0.3 is 5.32 Å². The summed E-state index contributed by atoms with van der Waals surface area (Å²) in [7, 11) is 2.04. The lowest BCUT2D eigenvalue weighted by atomic mass is 9.94. The first-order chi connectivity index (χ1) is 6.74. The van der Waals surface area contributed by atoms with Gasteiger partial charge in [0.2, 0.25) is 0 Å². The molecule has 1 nitrogen and oxygen atoms in total. The fraction of sp³-hybridized carbons (Fsp3) is 0.538. The standard InChI is InChI=1S/C13H19N/c1-9-5-4-6-11-12(9)7-10(2)13(11)8-14-3/h4-6,10,13-14H,7-8H2,1-3H3. The molecule has 1 aromatic rings. The summed E-state index contributed by atoms with van der Waals surface area (Å²) >= 11 is 0. The quantitative estimate of drug-likeness (QED) is 0.753. The summed E-state index contributed by atoms with van der Waals surface area (Å²) in [5, 5.41) is 3.30. The SMILES string of the molecule is CNCC1c2cccc(C)c2CC1C. The summed E-state index contributed by atoms with van der Waals surface area (Å²) < 4.78 is 0. The molecule has 0 bridgehead atoms. The Labute approximate surface area is 86.5 Å². The van der Waals surface area contributed by atoms with Crippen molar-refractivity contribution in [1.82, 2.24) is 5.32 Å². The number of hydrogen-bond acceptors (Lipinski definition) is 1. The molecule has 0 radical (unpaired) electrons. The maximum Gasteiger partial charge on any atom is 0.00199 e. The Balaban J connectivity index is 2.37. The molecule has 1 aliphatic rings. The van der Waals surface area contributed by atoms with E-state index in [1.807, 2.05) is 7.05 Å². The number of likely N-dealkylation sites (N-methyl/N-ethyl adjacent to an activating group) is 1. The Morgan fingerprint density at radius 1 is 1.43 bits per heavy atom. The highest BCUT2D eigenvalue weighted by Crippen LogP contribution is 2.38. The van der Waals surface area contributed by atoms with Gasteiger partial charge in [0.15, 0.2) is 0 Å². The number of aryl methyl sites for hydroxylation is 1. The van der Waals surface area contributed by atoms with Crippen molar-refractivity contribution in [1.29, 1.82) is 0 Å². The lowest BCUT2D eigenvalue weighted by molar-refractivity contribution is 0.480. The molecule has 0 aromatic heterocycles. The number of benzene rings is 1. The van der Waals surface area contributed by atoms with Gasteiger partial charge in [-0.2, -0.15) is 0 Å². The Hall–Kier alpha value is -0.820. The summed E-state index contributed by atoms with van der Waals surface area (Å²) in [6.07, 6.45) is 1.26. The number of fused-ring (bicyclic) bond motifs is 1.